The van der Waals surface area contributed by atoms with Crippen molar-refractivity contribution in [2.45, 2.75) is 6.54 Å². The highest BCUT2D eigenvalue weighted by Crippen LogP contribution is 2.27. The lowest BCUT2D eigenvalue weighted by atomic mass is 10.3. The molecular weight excluding hydrogens is 322 g/mol. The molecule has 8 heteroatoms. The Bertz CT molecular complexity index is 673. The second-order valence-electron chi connectivity index (χ2n) is 4.51. The summed E-state index contributed by atoms with van der Waals surface area (Å²) in [5, 5.41) is 8.07. The van der Waals surface area contributed by atoms with Crippen LogP contribution >= 0.6 is 11.6 Å². The standard InChI is InChI=1S/C15H16ClN3O4/c1-22-13-5-4-10(16)7-12(13)17-9-14(20)19-15(21)18-8-11-3-2-6-23-11/h2-7,17H,8-9H2,1H3,(H2,18,19,20,21). The van der Waals surface area contributed by atoms with Crippen LogP contribution in [0.25, 0.3) is 0 Å². The zero-order chi connectivity index (χ0) is 16.7. The van der Waals surface area contributed by atoms with Crippen LogP contribution in [0.3, 0.4) is 0 Å². The Balaban J connectivity index is 1.78. The van der Waals surface area contributed by atoms with Crippen molar-refractivity contribution in [3.8, 4) is 5.75 Å². The van der Waals surface area contributed by atoms with Gasteiger partial charge in [-0.3, -0.25) is 10.1 Å². The number of carbonyl (C=O) groups excluding carboxylic acids is 2. The molecule has 2 rings (SSSR count). The van der Waals surface area contributed by atoms with Gasteiger partial charge < -0.3 is 19.8 Å². The summed E-state index contributed by atoms with van der Waals surface area (Å²) in [6.07, 6.45) is 1.50. The van der Waals surface area contributed by atoms with Gasteiger partial charge >= 0.3 is 6.03 Å². The van der Waals surface area contributed by atoms with E-state index in [0.717, 1.165) is 0 Å². The van der Waals surface area contributed by atoms with Crippen molar-refractivity contribution in [2.24, 2.45) is 0 Å². The molecule has 0 atom stereocenters. The van der Waals surface area contributed by atoms with Gasteiger partial charge in [0.05, 0.1) is 32.1 Å². The van der Waals surface area contributed by atoms with E-state index in [1.54, 1.807) is 30.3 Å². The number of urea groups is 1. The second kappa shape index (κ2) is 8.09. The fourth-order valence-corrected chi connectivity index (χ4v) is 1.96. The van der Waals surface area contributed by atoms with E-state index in [2.05, 4.69) is 16.0 Å². The van der Waals surface area contributed by atoms with E-state index in [9.17, 15) is 9.59 Å². The largest absolute Gasteiger partial charge is 0.495 e. The van der Waals surface area contributed by atoms with Gasteiger partial charge in [0, 0.05) is 5.02 Å². The van der Waals surface area contributed by atoms with Gasteiger partial charge in [0.25, 0.3) is 0 Å². The number of nitrogens with one attached hydrogen (secondary N) is 3. The maximum absolute atomic E-state index is 11.7. The highest BCUT2D eigenvalue weighted by atomic mass is 35.5. The summed E-state index contributed by atoms with van der Waals surface area (Å²) in [5.74, 6) is 0.642. The number of hydrogen-bond donors (Lipinski definition) is 3. The number of carbonyl (C=O) groups is 2. The van der Waals surface area contributed by atoms with Crippen molar-refractivity contribution in [2.75, 3.05) is 19.0 Å². The molecule has 0 saturated carbocycles. The number of benzene rings is 1. The Kier molecular flexibility index (Phi) is 5.87. The number of imide groups is 1. The molecule has 1 heterocycles. The number of furan rings is 1. The van der Waals surface area contributed by atoms with Crippen molar-refractivity contribution in [1.29, 1.82) is 0 Å². The second-order valence-corrected chi connectivity index (χ2v) is 4.94. The molecule has 2 aromatic rings. The number of amides is 3. The van der Waals surface area contributed by atoms with E-state index in [1.165, 1.54) is 13.4 Å². The zero-order valence-corrected chi connectivity index (χ0v) is 13.1. The lowest BCUT2D eigenvalue weighted by molar-refractivity contribution is -0.118. The van der Waals surface area contributed by atoms with Crippen molar-refractivity contribution >= 4 is 29.2 Å². The molecule has 23 heavy (non-hydrogen) atoms. The zero-order valence-electron chi connectivity index (χ0n) is 12.4. The first-order valence-electron chi connectivity index (χ1n) is 6.76. The molecule has 3 amide bonds. The molecule has 0 aliphatic rings. The van der Waals surface area contributed by atoms with Gasteiger partial charge in [-0.05, 0) is 30.3 Å². The SMILES string of the molecule is COc1ccc(Cl)cc1NCC(=O)NC(=O)NCc1ccco1. The van der Waals surface area contributed by atoms with Crippen LogP contribution in [-0.4, -0.2) is 25.6 Å². The van der Waals surface area contributed by atoms with Crippen LogP contribution in [0.1, 0.15) is 5.76 Å². The number of methoxy groups -OCH3 is 1. The normalized spacial score (nSPS) is 10.0. The minimum atomic E-state index is -0.605. The van der Waals surface area contributed by atoms with Crippen molar-refractivity contribution in [3.63, 3.8) is 0 Å². The van der Waals surface area contributed by atoms with E-state index in [-0.39, 0.29) is 13.1 Å². The Hall–Kier alpha value is -2.67. The number of halogens is 1. The summed E-state index contributed by atoms with van der Waals surface area (Å²) >= 11 is 5.89. The summed E-state index contributed by atoms with van der Waals surface area (Å²) in [5.41, 5.74) is 0.561. The molecule has 122 valence electrons. The summed E-state index contributed by atoms with van der Waals surface area (Å²) in [4.78, 5) is 23.3. The maximum Gasteiger partial charge on any atom is 0.321 e. The van der Waals surface area contributed by atoms with Crippen LogP contribution in [0.15, 0.2) is 41.0 Å². The Morgan fingerprint density at radius 1 is 1.30 bits per heavy atom. The molecule has 0 spiro atoms. The van der Waals surface area contributed by atoms with Gasteiger partial charge in [-0.25, -0.2) is 4.79 Å². The first-order chi connectivity index (χ1) is 11.1. The Morgan fingerprint density at radius 2 is 2.13 bits per heavy atom. The third-order valence-electron chi connectivity index (χ3n) is 2.86. The summed E-state index contributed by atoms with van der Waals surface area (Å²) in [6, 6.07) is 7.81. The summed E-state index contributed by atoms with van der Waals surface area (Å²) < 4.78 is 10.2. The summed E-state index contributed by atoms with van der Waals surface area (Å²) in [6.45, 7) is 0.0898. The van der Waals surface area contributed by atoms with Crippen molar-refractivity contribution in [3.05, 3.63) is 47.4 Å². The molecule has 3 N–H and O–H groups in total. The predicted octanol–water partition coefficient (Wildman–Crippen LogP) is 2.38. The number of hydrogen-bond acceptors (Lipinski definition) is 5. The molecule has 1 aromatic heterocycles. The van der Waals surface area contributed by atoms with Gasteiger partial charge in [0.2, 0.25) is 5.91 Å². The molecule has 0 aliphatic carbocycles. The Morgan fingerprint density at radius 3 is 2.83 bits per heavy atom. The highest BCUT2D eigenvalue weighted by Gasteiger charge is 2.10. The smallest absolute Gasteiger partial charge is 0.321 e. The Labute approximate surface area is 137 Å². The first kappa shape index (κ1) is 16.7. The number of ether oxygens (including phenoxy) is 1. The molecular formula is C15H16ClN3O4. The van der Waals surface area contributed by atoms with Crippen LogP contribution in [0.2, 0.25) is 5.02 Å². The molecule has 0 unspecified atom stereocenters. The molecule has 7 nitrogen and oxygen atoms in total. The fourth-order valence-electron chi connectivity index (χ4n) is 1.79. The minimum absolute atomic E-state index is 0.106. The molecule has 0 fully saturated rings. The van der Waals surface area contributed by atoms with Crippen molar-refractivity contribution < 1.29 is 18.7 Å². The van der Waals surface area contributed by atoms with E-state index < -0.39 is 11.9 Å². The van der Waals surface area contributed by atoms with E-state index >= 15 is 0 Å². The monoisotopic (exact) mass is 337 g/mol. The number of anilines is 1. The van der Waals surface area contributed by atoms with Crippen LogP contribution in [-0.2, 0) is 11.3 Å². The van der Waals surface area contributed by atoms with Crippen molar-refractivity contribution in [1.82, 2.24) is 10.6 Å². The van der Waals surface area contributed by atoms with E-state index in [1.807, 2.05) is 0 Å². The van der Waals surface area contributed by atoms with Crippen LogP contribution in [0.4, 0.5) is 10.5 Å². The van der Waals surface area contributed by atoms with Gasteiger partial charge in [-0.15, -0.1) is 0 Å². The van der Waals surface area contributed by atoms with Crippen LogP contribution in [0.5, 0.6) is 5.75 Å². The third-order valence-corrected chi connectivity index (χ3v) is 3.09. The van der Waals surface area contributed by atoms with Crippen LogP contribution in [0, 0.1) is 0 Å². The van der Waals surface area contributed by atoms with Crippen LogP contribution < -0.4 is 20.7 Å². The van der Waals surface area contributed by atoms with Gasteiger partial charge in [0.15, 0.2) is 0 Å². The third kappa shape index (κ3) is 5.23. The van der Waals surface area contributed by atoms with Gasteiger partial charge in [0.1, 0.15) is 11.5 Å². The molecule has 0 radical (unpaired) electrons. The van der Waals surface area contributed by atoms with Gasteiger partial charge in [-0.1, -0.05) is 11.6 Å². The minimum Gasteiger partial charge on any atom is -0.495 e. The van der Waals surface area contributed by atoms with E-state index in [0.29, 0.717) is 22.2 Å². The number of rotatable bonds is 6. The van der Waals surface area contributed by atoms with Gasteiger partial charge in [-0.2, -0.15) is 0 Å². The predicted molar refractivity (Wildman–Crippen MR) is 85.6 cm³/mol. The summed E-state index contributed by atoms with van der Waals surface area (Å²) in [7, 11) is 1.51. The molecule has 0 aliphatic heterocycles. The molecule has 0 bridgehead atoms. The topological polar surface area (TPSA) is 92.6 Å². The molecule has 0 saturated heterocycles. The quantitative estimate of drug-likeness (QED) is 0.752. The lowest BCUT2D eigenvalue weighted by Crippen LogP contribution is -2.41. The average Bonchev–Trinajstić information content (AvgIpc) is 3.04. The average molecular weight is 338 g/mol. The first-order valence-corrected chi connectivity index (χ1v) is 7.13. The lowest BCUT2D eigenvalue weighted by Gasteiger charge is -2.11. The molecule has 1 aromatic carbocycles. The highest BCUT2D eigenvalue weighted by molar-refractivity contribution is 6.30. The fraction of sp³-hybridized carbons (Fsp3) is 0.200. The maximum atomic E-state index is 11.7. The van der Waals surface area contributed by atoms with E-state index in [4.69, 9.17) is 20.8 Å².